The van der Waals surface area contributed by atoms with Crippen molar-refractivity contribution >= 4 is 11.5 Å². The number of benzene rings is 2. The standard InChI is InChI=1S/C16H15NO3/c1-19-14-5-3-2-4-11(14)16-9-13(18)12-8-10(17)6-7-15(12)20-16/h2-8,16H,9,17H2,1H3. The van der Waals surface area contributed by atoms with E-state index in [1.807, 2.05) is 24.3 Å². The van der Waals surface area contributed by atoms with E-state index in [9.17, 15) is 4.79 Å². The maximum absolute atomic E-state index is 12.2. The van der Waals surface area contributed by atoms with Crippen LogP contribution >= 0.6 is 0 Å². The Labute approximate surface area is 117 Å². The van der Waals surface area contributed by atoms with E-state index in [4.69, 9.17) is 15.2 Å². The van der Waals surface area contributed by atoms with Gasteiger partial charge in [0.1, 0.15) is 17.6 Å². The van der Waals surface area contributed by atoms with Crippen LogP contribution in [0, 0.1) is 0 Å². The average molecular weight is 269 g/mol. The molecule has 1 aliphatic heterocycles. The minimum atomic E-state index is -0.324. The summed E-state index contributed by atoms with van der Waals surface area (Å²) in [6.45, 7) is 0. The smallest absolute Gasteiger partial charge is 0.170 e. The first-order valence-electron chi connectivity index (χ1n) is 6.41. The molecule has 4 heteroatoms. The summed E-state index contributed by atoms with van der Waals surface area (Å²) in [5.41, 5.74) is 7.71. The van der Waals surface area contributed by atoms with Crippen LogP contribution < -0.4 is 15.2 Å². The lowest BCUT2D eigenvalue weighted by Crippen LogP contribution is -2.21. The Morgan fingerprint density at radius 3 is 2.85 bits per heavy atom. The van der Waals surface area contributed by atoms with E-state index in [0.29, 0.717) is 17.0 Å². The number of fused-ring (bicyclic) bond motifs is 1. The molecule has 1 heterocycles. The second-order valence-corrected chi connectivity index (χ2v) is 4.73. The number of carbonyl (C=O) groups is 1. The summed E-state index contributed by atoms with van der Waals surface area (Å²) in [4.78, 5) is 12.2. The van der Waals surface area contributed by atoms with E-state index in [0.717, 1.165) is 11.3 Å². The summed E-state index contributed by atoms with van der Waals surface area (Å²) in [5, 5.41) is 0. The van der Waals surface area contributed by atoms with E-state index < -0.39 is 0 Å². The van der Waals surface area contributed by atoms with Crippen LogP contribution in [0.4, 0.5) is 5.69 Å². The fourth-order valence-corrected chi connectivity index (χ4v) is 2.45. The van der Waals surface area contributed by atoms with E-state index in [-0.39, 0.29) is 18.3 Å². The lowest BCUT2D eigenvalue weighted by molar-refractivity contribution is 0.0847. The van der Waals surface area contributed by atoms with Crippen molar-refractivity contribution in [3.05, 3.63) is 53.6 Å². The third kappa shape index (κ3) is 2.09. The van der Waals surface area contributed by atoms with Crippen molar-refractivity contribution in [3.63, 3.8) is 0 Å². The fraction of sp³-hybridized carbons (Fsp3) is 0.188. The SMILES string of the molecule is COc1ccccc1C1CC(=O)c2cc(N)ccc2O1. The summed E-state index contributed by atoms with van der Waals surface area (Å²) in [5.74, 6) is 1.34. The van der Waals surface area contributed by atoms with Crippen molar-refractivity contribution in [1.29, 1.82) is 0 Å². The number of rotatable bonds is 2. The van der Waals surface area contributed by atoms with Gasteiger partial charge in [-0.25, -0.2) is 0 Å². The Morgan fingerprint density at radius 2 is 2.05 bits per heavy atom. The molecule has 1 unspecified atom stereocenters. The molecule has 0 saturated heterocycles. The molecule has 1 aliphatic rings. The van der Waals surface area contributed by atoms with Crippen molar-refractivity contribution in [2.45, 2.75) is 12.5 Å². The number of nitrogens with two attached hydrogens (primary N) is 1. The maximum atomic E-state index is 12.2. The van der Waals surface area contributed by atoms with Crippen molar-refractivity contribution < 1.29 is 14.3 Å². The molecule has 0 amide bonds. The molecule has 20 heavy (non-hydrogen) atoms. The van der Waals surface area contributed by atoms with Gasteiger partial charge in [0, 0.05) is 11.3 Å². The molecule has 4 nitrogen and oxygen atoms in total. The first-order chi connectivity index (χ1) is 9.69. The fourth-order valence-electron chi connectivity index (χ4n) is 2.45. The molecule has 2 N–H and O–H groups in total. The molecule has 0 saturated carbocycles. The van der Waals surface area contributed by atoms with Crippen LogP contribution in [0.25, 0.3) is 0 Å². The first-order valence-corrected chi connectivity index (χ1v) is 6.41. The van der Waals surface area contributed by atoms with Gasteiger partial charge in [0.2, 0.25) is 0 Å². The van der Waals surface area contributed by atoms with Crippen molar-refractivity contribution in [3.8, 4) is 11.5 Å². The number of ketones is 1. The number of hydrogen-bond donors (Lipinski definition) is 1. The molecule has 0 spiro atoms. The maximum Gasteiger partial charge on any atom is 0.170 e. The number of para-hydroxylation sites is 1. The molecule has 3 rings (SSSR count). The van der Waals surface area contributed by atoms with E-state index in [1.54, 1.807) is 25.3 Å². The Kier molecular flexibility index (Phi) is 3.06. The predicted molar refractivity (Wildman–Crippen MR) is 76.2 cm³/mol. The van der Waals surface area contributed by atoms with Gasteiger partial charge in [-0.1, -0.05) is 18.2 Å². The van der Waals surface area contributed by atoms with Gasteiger partial charge in [-0.2, -0.15) is 0 Å². The summed E-state index contributed by atoms with van der Waals surface area (Å²) in [6.07, 6.45) is -0.0358. The Hall–Kier alpha value is -2.49. The topological polar surface area (TPSA) is 61.5 Å². The third-order valence-corrected chi connectivity index (χ3v) is 3.43. The van der Waals surface area contributed by atoms with Gasteiger partial charge < -0.3 is 15.2 Å². The number of nitrogen functional groups attached to an aromatic ring is 1. The van der Waals surface area contributed by atoms with Crippen LogP contribution in [0.1, 0.15) is 28.4 Å². The number of carbonyl (C=O) groups excluding carboxylic acids is 1. The molecule has 0 bridgehead atoms. The lowest BCUT2D eigenvalue weighted by atomic mass is 9.95. The van der Waals surface area contributed by atoms with Gasteiger partial charge in [0.25, 0.3) is 0 Å². The molecule has 2 aromatic rings. The van der Waals surface area contributed by atoms with Gasteiger partial charge in [-0.15, -0.1) is 0 Å². The van der Waals surface area contributed by atoms with Gasteiger partial charge >= 0.3 is 0 Å². The van der Waals surface area contributed by atoms with Crippen molar-refractivity contribution in [1.82, 2.24) is 0 Å². The Bertz CT molecular complexity index is 667. The largest absolute Gasteiger partial charge is 0.496 e. The van der Waals surface area contributed by atoms with Crippen LogP contribution in [0.5, 0.6) is 11.5 Å². The molecule has 2 aromatic carbocycles. The molecule has 0 radical (unpaired) electrons. The summed E-state index contributed by atoms with van der Waals surface area (Å²) in [6, 6.07) is 12.7. The molecule has 0 fully saturated rings. The van der Waals surface area contributed by atoms with Gasteiger partial charge in [0.15, 0.2) is 5.78 Å². The summed E-state index contributed by atoms with van der Waals surface area (Å²) in [7, 11) is 1.61. The highest BCUT2D eigenvalue weighted by molar-refractivity contribution is 6.00. The highest BCUT2D eigenvalue weighted by Crippen LogP contribution is 2.38. The Morgan fingerprint density at radius 1 is 1.25 bits per heavy atom. The number of ether oxygens (including phenoxy) is 2. The lowest BCUT2D eigenvalue weighted by Gasteiger charge is -2.26. The van der Waals surface area contributed by atoms with E-state index in [2.05, 4.69) is 0 Å². The van der Waals surface area contributed by atoms with Gasteiger partial charge in [-0.3, -0.25) is 4.79 Å². The second-order valence-electron chi connectivity index (χ2n) is 4.73. The predicted octanol–water partition coefficient (Wildman–Crippen LogP) is 2.98. The van der Waals surface area contributed by atoms with Crippen LogP contribution in [0.2, 0.25) is 0 Å². The van der Waals surface area contributed by atoms with Gasteiger partial charge in [0.05, 0.1) is 19.1 Å². The number of methoxy groups -OCH3 is 1. The van der Waals surface area contributed by atoms with Crippen LogP contribution in [-0.2, 0) is 0 Å². The summed E-state index contributed by atoms with van der Waals surface area (Å²) < 4.78 is 11.3. The summed E-state index contributed by atoms with van der Waals surface area (Å²) >= 11 is 0. The monoisotopic (exact) mass is 269 g/mol. The molecule has 102 valence electrons. The van der Waals surface area contributed by atoms with Crippen molar-refractivity contribution in [2.75, 3.05) is 12.8 Å². The quantitative estimate of drug-likeness (QED) is 0.851. The zero-order chi connectivity index (χ0) is 14.1. The van der Waals surface area contributed by atoms with Crippen LogP contribution in [0.3, 0.4) is 0 Å². The van der Waals surface area contributed by atoms with E-state index in [1.165, 1.54) is 0 Å². The minimum Gasteiger partial charge on any atom is -0.496 e. The average Bonchev–Trinajstić information content (AvgIpc) is 2.47. The molecule has 0 aliphatic carbocycles. The van der Waals surface area contributed by atoms with Gasteiger partial charge in [-0.05, 0) is 24.3 Å². The molecular formula is C16H15NO3. The second kappa shape index (κ2) is 4.89. The molecular weight excluding hydrogens is 254 g/mol. The molecule has 1 atom stereocenters. The molecule has 0 aromatic heterocycles. The van der Waals surface area contributed by atoms with Crippen LogP contribution in [-0.4, -0.2) is 12.9 Å². The van der Waals surface area contributed by atoms with E-state index >= 15 is 0 Å². The van der Waals surface area contributed by atoms with Crippen molar-refractivity contribution in [2.24, 2.45) is 0 Å². The van der Waals surface area contributed by atoms with Crippen LogP contribution in [0.15, 0.2) is 42.5 Å². The third-order valence-electron chi connectivity index (χ3n) is 3.43. The number of anilines is 1. The minimum absolute atomic E-state index is 0.0365. The number of hydrogen-bond acceptors (Lipinski definition) is 4. The normalized spacial score (nSPS) is 17.2. The highest BCUT2D eigenvalue weighted by Gasteiger charge is 2.29. The Balaban J connectivity index is 1.99. The zero-order valence-electron chi connectivity index (χ0n) is 11.1. The first kappa shape index (κ1) is 12.5. The highest BCUT2D eigenvalue weighted by atomic mass is 16.5. The zero-order valence-corrected chi connectivity index (χ0v) is 11.1. The number of Topliss-reactive ketones (excluding diaryl/α,β-unsaturated/α-hetero) is 1.